The number of H-pyrrole nitrogens is 1. The maximum Gasteiger partial charge on any atom is 0.479 e. The number of ether oxygens (including phenoxy) is 2. The zero-order valence-electron chi connectivity index (χ0n) is 47.4. The van der Waals surface area contributed by atoms with Gasteiger partial charge in [0.2, 0.25) is 17.5 Å². The Morgan fingerprint density at radius 1 is 1.02 bits per heavy atom. The zero-order valence-corrected chi connectivity index (χ0v) is 54.5. The second-order valence-electron chi connectivity index (χ2n) is 20.2. The highest BCUT2D eigenvalue weighted by molar-refractivity contribution is 8.76. The number of hydrogen-bond donors (Lipinski definition) is 7. The van der Waals surface area contributed by atoms with Gasteiger partial charge in [-0.1, -0.05) is 58.5 Å². The molecule has 0 spiro atoms. The molecule has 0 bridgehead atoms. The third-order valence-electron chi connectivity index (χ3n) is 13.6. The molecule has 4 heterocycles. The number of carbonyl (C=O) groups excluding carboxylic acids is 2. The number of allylic oxidation sites excluding steroid dienone is 4. The van der Waals surface area contributed by atoms with Crippen molar-refractivity contribution in [2.24, 2.45) is 5.11 Å². The van der Waals surface area contributed by atoms with Gasteiger partial charge in [-0.2, -0.15) is 17.3 Å². The van der Waals surface area contributed by atoms with Crippen molar-refractivity contribution in [2.45, 2.75) is 112 Å². The first-order valence-electron chi connectivity index (χ1n) is 26.4. The number of amides is 2. The molecule has 3 aliphatic heterocycles. The van der Waals surface area contributed by atoms with Gasteiger partial charge in [0.05, 0.1) is 41.6 Å². The van der Waals surface area contributed by atoms with Crippen molar-refractivity contribution >= 4 is 105 Å². The summed E-state index contributed by atoms with van der Waals surface area (Å²) in [5.41, 5.74) is 11.2. The Morgan fingerprint density at radius 2 is 1.76 bits per heavy atom. The standard InChI is InChI=1S/C49H65N9O21P4S4/c1-6-56-37-19-17-34(87(70,71)72)27-36(37)49(4,5)41(56)13-10-14-42-48(2,3)35-26-33(86-77-76-63)16-18-38(35)57(42)23-9-7-8-15-43(59)52-22-25-85-84-24-20-44(60)51-21-11-12-32-29-58(47(62)54-46(32)61)45-28-39(73-31-53-55-50)40(75-45)30-74-82(67,68)79-83(69,80)78-81(64,65)66/h10,13-14,16-19,26-27,29,39-40,45H,6-9,15,20-25,28,30-31,80H2,1-5H3,(H7-,51,52,54,59,60,61,62,63,64,65,66,67,68,70,71,72). The van der Waals surface area contributed by atoms with Crippen LogP contribution < -0.4 is 32.0 Å². The van der Waals surface area contributed by atoms with Crippen LogP contribution in [0.2, 0.25) is 0 Å². The topological polar surface area (TPSA) is 422 Å². The molecule has 1 aromatic heterocycles. The number of nitrogens with zero attached hydrogens (tertiary/aromatic N) is 6. The number of nitrogens with one attached hydrogen (secondary N) is 3. The quantitative estimate of drug-likeness (QED) is 0.00288. The Kier molecular flexibility index (Phi) is 25.9. The number of unbranched alkanes of at least 4 members (excludes halogenated alkanes) is 2. The average Bonchev–Trinajstić information content (AvgIpc) is 2.62. The molecule has 30 nitrogen and oxygen atoms in total. The molecule has 1 saturated heterocycles. The average molecular weight is 1370 g/mol. The number of fused-ring (bicyclic) bond motifs is 2. The van der Waals surface area contributed by atoms with E-state index in [9.17, 15) is 56.0 Å². The number of benzene rings is 2. The summed E-state index contributed by atoms with van der Waals surface area (Å²) in [7, 11) is -15.9. The zero-order chi connectivity index (χ0) is 64.0. The number of azide groups is 1. The van der Waals surface area contributed by atoms with Gasteiger partial charge in [0.25, 0.3) is 15.7 Å². The fourth-order valence-corrected chi connectivity index (χ4v) is 17.9. The highest BCUT2D eigenvalue weighted by atomic mass is 33.1. The van der Waals surface area contributed by atoms with E-state index in [0.29, 0.717) is 48.9 Å². The van der Waals surface area contributed by atoms with Crippen molar-refractivity contribution in [1.29, 1.82) is 0 Å². The highest BCUT2D eigenvalue weighted by Crippen LogP contribution is 2.73. The first kappa shape index (κ1) is 71.6. The fourth-order valence-electron chi connectivity index (χ4n) is 9.70. The molecule has 1 fully saturated rings. The maximum atomic E-state index is 12.9. The Morgan fingerprint density at radius 3 is 2.46 bits per heavy atom. The lowest BCUT2D eigenvalue weighted by Gasteiger charge is -2.25. The summed E-state index contributed by atoms with van der Waals surface area (Å²) in [5.74, 6) is 5.84. The number of aromatic nitrogens is 2. The lowest BCUT2D eigenvalue weighted by atomic mass is 9.81. The summed E-state index contributed by atoms with van der Waals surface area (Å²) >= 11 is 0.813. The van der Waals surface area contributed by atoms with Gasteiger partial charge in [-0.25, -0.2) is 22.5 Å². The normalized spacial score (nSPS) is 19.7. The van der Waals surface area contributed by atoms with E-state index < -0.39 is 86.9 Å². The van der Waals surface area contributed by atoms with Crippen LogP contribution in [0.4, 0.5) is 11.4 Å². The molecule has 0 radical (unpaired) electrons. The van der Waals surface area contributed by atoms with E-state index in [4.69, 9.17) is 29.3 Å². The molecule has 3 aliphatic rings. The number of rotatable bonds is 32. The molecule has 6 rings (SSSR count). The van der Waals surface area contributed by atoms with Crippen molar-refractivity contribution in [2.75, 3.05) is 55.9 Å². The van der Waals surface area contributed by atoms with Crippen LogP contribution in [0, 0.1) is 11.8 Å². The molecule has 87 heavy (non-hydrogen) atoms. The molecule has 2 amide bonds. The van der Waals surface area contributed by atoms with Gasteiger partial charge in [0, 0.05) is 101 Å². The third-order valence-corrected chi connectivity index (χ3v) is 23.1. The van der Waals surface area contributed by atoms with Crippen LogP contribution in [-0.2, 0) is 76.2 Å². The fraction of sp³-hybridized carbons (Fsp3) is 0.490. The molecule has 3 aromatic rings. The van der Waals surface area contributed by atoms with Crippen LogP contribution in [0.25, 0.3) is 10.4 Å². The van der Waals surface area contributed by atoms with Crippen molar-refractivity contribution in [3.05, 3.63) is 114 Å². The predicted octanol–water partition coefficient (Wildman–Crippen LogP) is 6.43. The molecule has 0 aliphatic carbocycles. The second-order valence-corrected chi connectivity index (χ2v) is 31.6. The Balaban J connectivity index is 0.927. The Labute approximate surface area is 514 Å². The van der Waals surface area contributed by atoms with Crippen LogP contribution in [-0.4, -0.2) is 123 Å². The highest BCUT2D eigenvalue weighted by Gasteiger charge is 2.46. The van der Waals surface area contributed by atoms with Gasteiger partial charge >= 0.3 is 28.6 Å². The van der Waals surface area contributed by atoms with Gasteiger partial charge in [0.1, 0.15) is 31.2 Å². The first-order valence-corrected chi connectivity index (χ1v) is 37.2. The smallest absolute Gasteiger partial charge is 0.479 e. The van der Waals surface area contributed by atoms with Gasteiger partial charge in [-0.15, -0.1) is 0 Å². The predicted molar refractivity (Wildman–Crippen MR) is 324 cm³/mol. The van der Waals surface area contributed by atoms with Gasteiger partial charge < -0.3 is 44.9 Å². The second kappa shape index (κ2) is 31.5. The molecule has 476 valence electrons. The van der Waals surface area contributed by atoms with E-state index in [1.54, 1.807) is 6.07 Å². The van der Waals surface area contributed by atoms with Crippen molar-refractivity contribution < 1.29 is 92.8 Å². The molecular formula is C49H65N9O21P4S4. The number of hydrogen-bond acceptors (Lipinski definition) is 22. The minimum absolute atomic E-state index is 0.0815. The summed E-state index contributed by atoms with van der Waals surface area (Å²) < 4.78 is 102. The SMILES string of the molecule is CCN1/C(=C/C=C/C2=[N+](CCCCCC(=O)NCCSSCCC(=O)NCC#Cc3cn(C4CC(OCN=[N+]=[N-])C(COP(=O)(O)OP(=O)(P)OP(=O)(O)O)O4)c(=O)[nH]c3=O)c3ccc(SOO[O-])cc3C2(C)C)C(C)(C)c2cc(S(=O)(=O)O)ccc21. The molecule has 0 saturated carbocycles. The summed E-state index contributed by atoms with van der Waals surface area (Å²) in [4.78, 5) is 86.0. The third kappa shape index (κ3) is 20.3. The minimum atomic E-state index is -5.44. The van der Waals surface area contributed by atoms with Gasteiger partial charge in [-0.05, 0) is 90.0 Å². The molecule has 2 aromatic carbocycles. The Bertz CT molecular complexity index is 3640. The molecule has 6 atom stereocenters. The van der Waals surface area contributed by atoms with Crippen molar-refractivity contribution in [3.63, 3.8) is 0 Å². The van der Waals surface area contributed by atoms with E-state index in [2.05, 4.69) is 84.9 Å². The van der Waals surface area contributed by atoms with Gasteiger partial charge in [-0.3, -0.25) is 42.6 Å². The van der Waals surface area contributed by atoms with Crippen molar-refractivity contribution in [3.8, 4) is 11.8 Å². The first-order chi connectivity index (χ1) is 40.9. The van der Waals surface area contributed by atoms with Crippen LogP contribution in [0.1, 0.15) is 96.1 Å². The van der Waals surface area contributed by atoms with E-state index in [-0.39, 0.29) is 41.7 Å². The van der Waals surface area contributed by atoms with Gasteiger partial charge in [0.15, 0.2) is 5.71 Å². The van der Waals surface area contributed by atoms with Crippen LogP contribution in [0.15, 0.2) is 91.0 Å². The molecule has 6 unspecified atom stereocenters. The molecular weight excluding hydrogens is 1300 g/mol. The number of carbonyl (C=O) groups is 2. The lowest BCUT2D eigenvalue weighted by molar-refractivity contribution is -0.777. The van der Waals surface area contributed by atoms with E-state index in [1.165, 1.54) is 42.6 Å². The van der Waals surface area contributed by atoms with Crippen LogP contribution in [0.5, 0.6) is 0 Å². The monoisotopic (exact) mass is 1370 g/mol. The van der Waals surface area contributed by atoms with Crippen LogP contribution >= 0.6 is 65.5 Å². The van der Waals surface area contributed by atoms with Crippen molar-refractivity contribution in [1.82, 2.24) is 20.2 Å². The summed E-state index contributed by atoms with van der Waals surface area (Å²) in [5, 5.41) is 23.0. The summed E-state index contributed by atoms with van der Waals surface area (Å²) in [6.07, 6.45) is 5.98. The summed E-state index contributed by atoms with van der Waals surface area (Å²) in [6.45, 7) is 10.4. The van der Waals surface area contributed by atoms with E-state index >= 15 is 0 Å². The van der Waals surface area contributed by atoms with Crippen LogP contribution in [0.3, 0.4) is 0 Å². The number of aromatic amines is 1. The maximum absolute atomic E-state index is 12.9. The largest absolute Gasteiger partial charge is 0.691 e. The minimum Gasteiger partial charge on any atom is -0.691 e. The lowest BCUT2D eigenvalue weighted by Crippen LogP contribution is -2.34. The van der Waals surface area contributed by atoms with E-state index in [1.807, 2.05) is 51.1 Å². The molecule has 38 heteroatoms. The number of phosphoric ester groups is 1. The Hall–Kier alpha value is -4.48. The number of anilines is 1. The summed E-state index contributed by atoms with van der Waals surface area (Å²) in [6, 6.07) is 10.4. The molecule has 7 N–H and O–H groups in total. The van der Waals surface area contributed by atoms with E-state index in [0.717, 1.165) is 69.6 Å². The number of phosphoric acid groups is 2. The number of likely N-dealkylation sites (N-methyl/N-ethyl adjacent to an activating group) is 1.